The number of benzene rings is 1. The molecular weight excluding hydrogens is 363 g/mol. The van der Waals surface area contributed by atoms with Crippen molar-refractivity contribution in [1.29, 1.82) is 0 Å². The molecule has 1 aromatic carbocycles. The van der Waals surface area contributed by atoms with Crippen LogP contribution in [0.5, 0.6) is 5.75 Å². The fourth-order valence-corrected chi connectivity index (χ4v) is 3.33. The highest BCUT2D eigenvalue weighted by atomic mass is 19.1. The number of alkyl halides is 1. The molecule has 1 heterocycles. The maximum atomic E-state index is 13.8. The maximum Gasteiger partial charge on any atom is 0.159 e. The van der Waals surface area contributed by atoms with E-state index in [1.165, 1.54) is 37.7 Å². The summed E-state index contributed by atoms with van der Waals surface area (Å²) in [7, 11) is 0. The molecule has 0 aliphatic rings. The number of ether oxygens (including phenoxy) is 1. The van der Waals surface area contributed by atoms with E-state index in [4.69, 9.17) is 4.74 Å². The molecule has 0 amide bonds. The number of unbranched alkanes of at least 4 members (excludes halogenated alkanes) is 6. The van der Waals surface area contributed by atoms with Crippen LogP contribution >= 0.6 is 0 Å². The summed E-state index contributed by atoms with van der Waals surface area (Å²) in [5.41, 5.74) is 2.17. The molecule has 0 aliphatic heterocycles. The van der Waals surface area contributed by atoms with Crippen LogP contribution < -0.4 is 4.74 Å². The van der Waals surface area contributed by atoms with Crippen LogP contribution in [-0.2, 0) is 6.42 Å². The third kappa shape index (κ3) is 9.38. The Kier molecular flexibility index (Phi) is 11.3. The summed E-state index contributed by atoms with van der Waals surface area (Å²) in [6.07, 6.45) is 14.8. The highest BCUT2D eigenvalue weighted by Gasteiger charge is 2.07. The molecule has 0 fully saturated rings. The van der Waals surface area contributed by atoms with Crippen molar-refractivity contribution in [3.05, 3.63) is 42.2 Å². The molecule has 160 valence electrons. The Bertz CT molecular complexity index is 658. The molecule has 0 saturated carbocycles. The van der Waals surface area contributed by atoms with Crippen LogP contribution in [0.1, 0.15) is 83.6 Å². The van der Waals surface area contributed by atoms with E-state index in [2.05, 4.69) is 23.8 Å². The summed E-state index contributed by atoms with van der Waals surface area (Å²) in [6.45, 7) is 4.78. The second-order valence-corrected chi connectivity index (χ2v) is 7.83. The van der Waals surface area contributed by atoms with Gasteiger partial charge in [0.15, 0.2) is 5.82 Å². The fraction of sp³-hybridized carbons (Fsp3) is 0.600. The minimum absolute atomic E-state index is 0.413. The summed E-state index contributed by atoms with van der Waals surface area (Å²) in [4.78, 5) is 9.03. The number of hydrogen-bond acceptors (Lipinski definition) is 3. The topological polar surface area (TPSA) is 35.0 Å². The zero-order chi connectivity index (χ0) is 20.7. The Morgan fingerprint density at radius 1 is 0.828 bits per heavy atom. The van der Waals surface area contributed by atoms with Gasteiger partial charge >= 0.3 is 0 Å². The van der Waals surface area contributed by atoms with Crippen molar-refractivity contribution >= 4 is 0 Å². The molecule has 0 radical (unpaired) electrons. The van der Waals surface area contributed by atoms with Gasteiger partial charge in [-0.05, 0) is 49.1 Å². The first-order valence-electron chi connectivity index (χ1n) is 11.4. The summed E-state index contributed by atoms with van der Waals surface area (Å²) in [5.74, 6) is 1.49. The number of halogens is 1. The van der Waals surface area contributed by atoms with Gasteiger partial charge in [-0.15, -0.1) is 0 Å². The average Bonchev–Trinajstić information content (AvgIpc) is 2.75. The molecule has 0 N–H and O–H groups in total. The van der Waals surface area contributed by atoms with E-state index in [-0.39, 0.29) is 0 Å². The second-order valence-electron chi connectivity index (χ2n) is 7.83. The minimum atomic E-state index is -0.764. The summed E-state index contributed by atoms with van der Waals surface area (Å²) in [5, 5.41) is 0. The Morgan fingerprint density at radius 2 is 1.48 bits per heavy atom. The van der Waals surface area contributed by atoms with Crippen molar-refractivity contribution < 1.29 is 9.13 Å². The lowest BCUT2D eigenvalue weighted by Gasteiger charge is -2.10. The van der Waals surface area contributed by atoms with Crippen LogP contribution in [-0.4, -0.2) is 22.7 Å². The van der Waals surface area contributed by atoms with E-state index >= 15 is 0 Å². The zero-order valence-corrected chi connectivity index (χ0v) is 18.2. The molecule has 1 unspecified atom stereocenters. The van der Waals surface area contributed by atoms with E-state index in [1.807, 2.05) is 36.7 Å². The predicted molar refractivity (Wildman–Crippen MR) is 119 cm³/mol. The van der Waals surface area contributed by atoms with Crippen LogP contribution in [0.15, 0.2) is 36.7 Å². The van der Waals surface area contributed by atoms with E-state index in [9.17, 15) is 4.39 Å². The van der Waals surface area contributed by atoms with E-state index in [1.54, 1.807) is 0 Å². The zero-order valence-electron chi connectivity index (χ0n) is 18.2. The molecule has 0 aliphatic carbocycles. The van der Waals surface area contributed by atoms with Gasteiger partial charge in [0.25, 0.3) is 0 Å². The third-order valence-electron chi connectivity index (χ3n) is 5.21. The molecule has 1 atom stereocenters. The highest BCUT2D eigenvalue weighted by Crippen LogP contribution is 2.20. The smallest absolute Gasteiger partial charge is 0.159 e. The SMILES string of the molecule is CCCCCCCc1cnc(-c2ccc(OCCC(F)CCCCC)cc2)nc1. The Labute approximate surface area is 176 Å². The molecule has 0 saturated heterocycles. The van der Waals surface area contributed by atoms with E-state index in [0.717, 1.165) is 42.8 Å². The lowest BCUT2D eigenvalue weighted by atomic mass is 10.1. The Morgan fingerprint density at radius 3 is 2.17 bits per heavy atom. The quantitative estimate of drug-likeness (QED) is 0.293. The van der Waals surface area contributed by atoms with Crippen LogP contribution in [0.2, 0.25) is 0 Å². The molecule has 4 heteroatoms. The summed E-state index contributed by atoms with van der Waals surface area (Å²) >= 11 is 0. The summed E-state index contributed by atoms with van der Waals surface area (Å²) in [6, 6.07) is 7.74. The van der Waals surface area contributed by atoms with Crippen LogP contribution in [0.3, 0.4) is 0 Å². The van der Waals surface area contributed by atoms with Crippen LogP contribution in [0.4, 0.5) is 4.39 Å². The van der Waals surface area contributed by atoms with E-state index in [0.29, 0.717) is 19.4 Å². The summed E-state index contributed by atoms with van der Waals surface area (Å²) < 4.78 is 19.5. The number of rotatable bonds is 15. The minimum Gasteiger partial charge on any atom is -0.493 e. The van der Waals surface area contributed by atoms with E-state index < -0.39 is 6.17 Å². The average molecular weight is 401 g/mol. The predicted octanol–water partition coefficient (Wildman–Crippen LogP) is 7.34. The Hall–Kier alpha value is -1.97. The lowest BCUT2D eigenvalue weighted by Crippen LogP contribution is -2.07. The molecule has 0 spiro atoms. The van der Waals surface area contributed by atoms with Crippen LogP contribution in [0, 0.1) is 0 Å². The van der Waals surface area contributed by atoms with Gasteiger partial charge in [-0.25, -0.2) is 14.4 Å². The third-order valence-corrected chi connectivity index (χ3v) is 5.21. The number of aromatic nitrogens is 2. The van der Waals surface area contributed by atoms with Gasteiger partial charge in [-0.2, -0.15) is 0 Å². The lowest BCUT2D eigenvalue weighted by molar-refractivity contribution is 0.223. The number of aryl methyl sites for hydroxylation is 1. The molecule has 2 aromatic rings. The van der Waals surface area contributed by atoms with Gasteiger partial charge < -0.3 is 4.74 Å². The van der Waals surface area contributed by atoms with Gasteiger partial charge in [0.1, 0.15) is 11.9 Å². The molecule has 0 bridgehead atoms. The molecule has 3 nitrogen and oxygen atoms in total. The first-order valence-corrected chi connectivity index (χ1v) is 11.4. The fourth-order valence-electron chi connectivity index (χ4n) is 3.33. The molecule has 29 heavy (non-hydrogen) atoms. The van der Waals surface area contributed by atoms with Gasteiger partial charge in [0.05, 0.1) is 6.61 Å². The van der Waals surface area contributed by atoms with Crippen molar-refractivity contribution in [2.45, 2.75) is 90.6 Å². The molecular formula is C25H37FN2O. The van der Waals surface area contributed by atoms with Crippen molar-refractivity contribution in [1.82, 2.24) is 9.97 Å². The van der Waals surface area contributed by atoms with Gasteiger partial charge in [-0.3, -0.25) is 0 Å². The van der Waals surface area contributed by atoms with Crippen molar-refractivity contribution in [3.8, 4) is 17.1 Å². The molecule has 2 rings (SSSR count). The van der Waals surface area contributed by atoms with Crippen molar-refractivity contribution in [2.24, 2.45) is 0 Å². The monoisotopic (exact) mass is 400 g/mol. The highest BCUT2D eigenvalue weighted by molar-refractivity contribution is 5.55. The van der Waals surface area contributed by atoms with Gasteiger partial charge in [0.2, 0.25) is 0 Å². The second kappa shape index (κ2) is 14.1. The largest absolute Gasteiger partial charge is 0.493 e. The number of nitrogens with zero attached hydrogens (tertiary/aromatic N) is 2. The van der Waals surface area contributed by atoms with Crippen molar-refractivity contribution in [2.75, 3.05) is 6.61 Å². The Balaban J connectivity index is 1.73. The number of hydrogen-bond donors (Lipinski definition) is 0. The van der Waals surface area contributed by atoms with Gasteiger partial charge in [-0.1, -0.05) is 58.8 Å². The standard InChI is InChI=1S/C25H37FN2O/c1-3-5-7-8-10-11-21-19-27-25(28-20-21)22-13-15-24(16-14-22)29-18-17-23(26)12-9-6-4-2/h13-16,19-20,23H,3-12,17-18H2,1-2H3. The van der Waals surface area contributed by atoms with Crippen molar-refractivity contribution in [3.63, 3.8) is 0 Å². The molecule has 1 aromatic heterocycles. The maximum absolute atomic E-state index is 13.8. The first-order chi connectivity index (χ1) is 14.2. The first kappa shape index (κ1) is 23.3. The van der Waals surface area contributed by atoms with Crippen LogP contribution in [0.25, 0.3) is 11.4 Å². The normalized spacial score (nSPS) is 12.1. The van der Waals surface area contributed by atoms with Gasteiger partial charge in [0, 0.05) is 24.4 Å².